The van der Waals surface area contributed by atoms with Gasteiger partial charge in [-0.2, -0.15) is 0 Å². The Kier molecular flexibility index (Phi) is 3.35. The van der Waals surface area contributed by atoms with Gasteiger partial charge in [0.2, 0.25) is 0 Å². The quantitative estimate of drug-likeness (QED) is 0.827. The van der Waals surface area contributed by atoms with Crippen LogP contribution in [0, 0.1) is 17.7 Å². The molecule has 1 aromatic carbocycles. The first-order chi connectivity index (χ1) is 9.06. The van der Waals surface area contributed by atoms with Crippen molar-refractivity contribution in [1.29, 1.82) is 0 Å². The summed E-state index contributed by atoms with van der Waals surface area (Å²) in [6.07, 6.45) is 5.30. The average molecular weight is 263 g/mol. The van der Waals surface area contributed by atoms with Gasteiger partial charge >= 0.3 is 0 Å². The maximum Gasteiger partial charge on any atom is 0.123 e. The number of halogens is 1. The van der Waals surface area contributed by atoms with Crippen LogP contribution in [0.2, 0.25) is 0 Å². The lowest BCUT2D eigenvalue weighted by atomic mass is 9.95. The third kappa shape index (κ3) is 3.15. The second kappa shape index (κ2) is 4.88. The molecule has 2 fully saturated rings. The topological polar surface area (TPSA) is 32.3 Å². The van der Waals surface area contributed by atoms with Gasteiger partial charge in [-0.1, -0.05) is 12.1 Å². The number of hydrogen-bond acceptors (Lipinski definition) is 2. The minimum Gasteiger partial charge on any atom is -0.384 e. The maximum absolute atomic E-state index is 12.9. The number of hydrogen-bond donors (Lipinski definition) is 2. The van der Waals surface area contributed by atoms with Crippen LogP contribution in [-0.4, -0.2) is 17.7 Å². The molecule has 0 unspecified atom stereocenters. The van der Waals surface area contributed by atoms with Gasteiger partial charge in [0.15, 0.2) is 0 Å². The van der Waals surface area contributed by atoms with Gasteiger partial charge in [0.1, 0.15) is 5.82 Å². The Balaban J connectivity index is 1.62. The van der Waals surface area contributed by atoms with Crippen LogP contribution in [0.3, 0.4) is 0 Å². The average Bonchev–Trinajstić information content (AvgIpc) is 3.24. The summed E-state index contributed by atoms with van der Waals surface area (Å²) in [5.41, 5.74) is -0.165. The molecular formula is C16H22FNO. The third-order valence-corrected chi connectivity index (χ3v) is 4.41. The summed E-state index contributed by atoms with van der Waals surface area (Å²) < 4.78 is 12.9. The van der Waals surface area contributed by atoms with Crippen LogP contribution in [0.4, 0.5) is 4.39 Å². The molecule has 3 rings (SSSR count). The van der Waals surface area contributed by atoms with Crippen molar-refractivity contribution < 1.29 is 9.50 Å². The molecule has 0 saturated heterocycles. The molecule has 2 nitrogen and oxygen atoms in total. The van der Waals surface area contributed by atoms with Gasteiger partial charge in [-0.15, -0.1) is 0 Å². The van der Waals surface area contributed by atoms with Crippen LogP contribution in [0.25, 0.3) is 0 Å². The molecular weight excluding hydrogens is 241 g/mol. The van der Waals surface area contributed by atoms with Gasteiger partial charge in [-0.25, -0.2) is 4.39 Å². The molecule has 0 aliphatic heterocycles. The van der Waals surface area contributed by atoms with E-state index in [1.54, 1.807) is 19.1 Å². The van der Waals surface area contributed by atoms with Gasteiger partial charge in [-0.3, -0.25) is 0 Å². The Bertz CT molecular complexity index is 423. The van der Waals surface area contributed by atoms with E-state index in [1.807, 2.05) is 0 Å². The van der Waals surface area contributed by atoms with Crippen LogP contribution in [0.15, 0.2) is 24.3 Å². The molecule has 2 saturated carbocycles. The Labute approximate surface area is 114 Å². The molecule has 1 atom stereocenters. The Morgan fingerprint density at radius 3 is 2.21 bits per heavy atom. The normalized spacial score (nSPS) is 22.5. The monoisotopic (exact) mass is 263 g/mol. The van der Waals surface area contributed by atoms with Crippen molar-refractivity contribution in [3.63, 3.8) is 0 Å². The van der Waals surface area contributed by atoms with Gasteiger partial charge in [0.05, 0.1) is 5.60 Å². The lowest BCUT2D eigenvalue weighted by Crippen LogP contribution is -2.42. The fourth-order valence-electron chi connectivity index (χ4n) is 2.86. The van der Waals surface area contributed by atoms with Crippen molar-refractivity contribution >= 4 is 0 Å². The molecule has 104 valence electrons. The molecule has 0 amide bonds. The van der Waals surface area contributed by atoms with E-state index >= 15 is 0 Å². The van der Waals surface area contributed by atoms with E-state index in [1.165, 1.54) is 37.8 Å². The summed E-state index contributed by atoms with van der Waals surface area (Å²) in [6, 6.07) is 6.72. The second-order valence-corrected chi connectivity index (χ2v) is 6.36. The highest BCUT2D eigenvalue weighted by atomic mass is 19.1. The summed E-state index contributed by atoms with van der Waals surface area (Å²) in [5.74, 6) is 1.37. The first-order valence-electron chi connectivity index (χ1n) is 7.28. The highest BCUT2D eigenvalue weighted by Crippen LogP contribution is 2.44. The molecule has 0 bridgehead atoms. The van der Waals surface area contributed by atoms with E-state index in [2.05, 4.69) is 5.32 Å². The smallest absolute Gasteiger partial charge is 0.123 e. The highest BCUT2D eigenvalue weighted by Gasteiger charge is 2.41. The van der Waals surface area contributed by atoms with Crippen LogP contribution in [0.1, 0.15) is 38.2 Å². The summed E-state index contributed by atoms with van der Waals surface area (Å²) in [5, 5.41) is 14.1. The van der Waals surface area contributed by atoms with Crippen LogP contribution < -0.4 is 5.32 Å². The van der Waals surface area contributed by atoms with Crippen molar-refractivity contribution in [2.75, 3.05) is 6.54 Å². The lowest BCUT2D eigenvalue weighted by molar-refractivity contribution is 0.0519. The zero-order chi connectivity index (χ0) is 13.5. The zero-order valence-electron chi connectivity index (χ0n) is 11.4. The summed E-state index contributed by atoms with van der Waals surface area (Å²) in [4.78, 5) is 0. The van der Waals surface area contributed by atoms with E-state index in [0.29, 0.717) is 12.6 Å². The molecule has 1 aromatic rings. The first kappa shape index (κ1) is 13.1. The van der Waals surface area contributed by atoms with Crippen molar-refractivity contribution in [3.05, 3.63) is 35.6 Å². The molecule has 3 heteroatoms. The minimum absolute atomic E-state index is 0.263. The van der Waals surface area contributed by atoms with Gasteiger partial charge in [-0.05, 0) is 62.1 Å². The first-order valence-corrected chi connectivity index (χ1v) is 7.28. The van der Waals surface area contributed by atoms with Crippen molar-refractivity contribution in [2.45, 2.75) is 44.2 Å². The molecule has 0 spiro atoms. The van der Waals surface area contributed by atoms with E-state index in [0.717, 1.165) is 17.4 Å². The molecule has 0 aromatic heterocycles. The highest BCUT2D eigenvalue weighted by molar-refractivity contribution is 5.22. The van der Waals surface area contributed by atoms with E-state index in [4.69, 9.17) is 0 Å². The fraction of sp³-hybridized carbons (Fsp3) is 0.625. The van der Waals surface area contributed by atoms with E-state index < -0.39 is 5.60 Å². The van der Waals surface area contributed by atoms with Crippen molar-refractivity contribution in [2.24, 2.45) is 11.8 Å². The number of aliphatic hydroxyl groups is 1. The van der Waals surface area contributed by atoms with Gasteiger partial charge in [0.25, 0.3) is 0 Å². The Morgan fingerprint density at radius 1 is 1.21 bits per heavy atom. The summed E-state index contributed by atoms with van der Waals surface area (Å²) in [6.45, 7) is 2.33. The summed E-state index contributed by atoms with van der Waals surface area (Å²) in [7, 11) is 0. The second-order valence-electron chi connectivity index (χ2n) is 6.36. The SMILES string of the molecule is C[C@](O)(CNC(C1CC1)C1CC1)c1ccc(F)cc1. The van der Waals surface area contributed by atoms with Gasteiger partial charge in [0, 0.05) is 12.6 Å². The molecule has 2 aliphatic carbocycles. The van der Waals surface area contributed by atoms with Crippen molar-refractivity contribution in [3.8, 4) is 0 Å². The molecule has 19 heavy (non-hydrogen) atoms. The fourth-order valence-corrected chi connectivity index (χ4v) is 2.86. The zero-order valence-corrected chi connectivity index (χ0v) is 11.4. The Hall–Kier alpha value is -0.930. The largest absolute Gasteiger partial charge is 0.384 e. The van der Waals surface area contributed by atoms with E-state index in [-0.39, 0.29) is 5.82 Å². The maximum atomic E-state index is 12.9. The standard InChI is InChI=1S/C16H22FNO/c1-16(19,13-6-8-14(17)9-7-13)10-18-15(11-2-3-11)12-4-5-12/h6-9,11-12,15,18-19H,2-5,10H2,1H3/t16-/m0/s1. The lowest BCUT2D eigenvalue weighted by Gasteiger charge is -2.28. The van der Waals surface area contributed by atoms with Crippen LogP contribution in [-0.2, 0) is 5.60 Å². The molecule has 0 heterocycles. The van der Waals surface area contributed by atoms with Crippen molar-refractivity contribution in [1.82, 2.24) is 5.32 Å². The number of benzene rings is 1. The van der Waals surface area contributed by atoms with Crippen LogP contribution in [0.5, 0.6) is 0 Å². The number of rotatable bonds is 6. The van der Waals surface area contributed by atoms with E-state index in [9.17, 15) is 9.50 Å². The molecule has 2 N–H and O–H groups in total. The Morgan fingerprint density at radius 2 is 1.74 bits per heavy atom. The summed E-state index contributed by atoms with van der Waals surface area (Å²) >= 11 is 0. The molecule has 0 radical (unpaired) electrons. The number of nitrogens with one attached hydrogen (secondary N) is 1. The third-order valence-electron chi connectivity index (χ3n) is 4.41. The molecule has 2 aliphatic rings. The van der Waals surface area contributed by atoms with Gasteiger partial charge < -0.3 is 10.4 Å². The predicted octanol–water partition coefficient (Wildman–Crippen LogP) is 2.81. The minimum atomic E-state index is -0.935. The predicted molar refractivity (Wildman–Crippen MR) is 73.2 cm³/mol. The van der Waals surface area contributed by atoms with Crippen LogP contribution >= 0.6 is 0 Å².